The Morgan fingerprint density at radius 3 is 2.44 bits per heavy atom. The molecule has 0 spiro atoms. The van der Waals surface area contributed by atoms with Gasteiger partial charge in [-0.25, -0.2) is 0 Å². The molecule has 1 heterocycles. The molecule has 3 aromatic carbocycles. The monoisotopic (exact) mass is 683 g/mol. The van der Waals surface area contributed by atoms with Crippen LogP contribution in [-0.2, 0) is 20.7 Å². The van der Waals surface area contributed by atoms with E-state index >= 15 is 0 Å². The van der Waals surface area contributed by atoms with Crippen LogP contribution in [0.2, 0.25) is 5.32 Å². The van der Waals surface area contributed by atoms with E-state index in [1.165, 1.54) is 25.3 Å². The van der Waals surface area contributed by atoms with Crippen LogP contribution >= 0.6 is 0 Å². The number of fused-ring (bicyclic) bond motifs is 3. The molecule has 1 saturated heterocycles. The summed E-state index contributed by atoms with van der Waals surface area (Å²) in [6.45, 7) is 1.62. The van der Waals surface area contributed by atoms with Crippen LogP contribution in [-0.4, -0.2) is 90.0 Å². The van der Waals surface area contributed by atoms with Crippen molar-refractivity contribution in [1.29, 1.82) is 0 Å². The van der Waals surface area contributed by atoms with Gasteiger partial charge in [-0.2, -0.15) is 0 Å². The number of nitrogens with two attached hydrogens (primary N) is 1. The van der Waals surface area contributed by atoms with Crippen LogP contribution in [0.4, 0.5) is 0 Å². The molecule has 0 radical (unpaired) electrons. The molecule has 0 saturated carbocycles. The fraction of sp³-hybridized carbons (Fsp3) is 0.364. The van der Waals surface area contributed by atoms with Gasteiger partial charge in [-0.3, -0.25) is 0 Å². The van der Waals surface area contributed by atoms with Crippen LogP contribution in [0.1, 0.15) is 68.8 Å². The van der Waals surface area contributed by atoms with Crippen LogP contribution in [0.5, 0.6) is 17.2 Å². The minimum absolute atomic E-state index is 0.0147. The number of hydrogen-bond donors (Lipinski definition) is 5. The van der Waals surface area contributed by atoms with Gasteiger partial charge >= 0.3 is 258 Å². The molecule has 1 aliphatic heterocycles. The van der Waals surface area contributed by atoms with Crippen molar-refractivity contribution in [3.05, 3.63) is 81.9 Å². The van der Waals surface area contributed by atoms with Crippen molar-refractivity contribution in [3.8, 4) is 17.2 Å². The van der Waals surface area contributed by atoms with Crippen LogP contribution in [0.3, 0.4) is 0 Å². The topological polar surface area (TPSA) is 186 Å². The van der Waals surface area contributed by atoms with E-state index in [0.717, 1.165) is 4.46 Å². The molecule has 6 rings (SSSR count). The van der Waals surface area contributed by atoms with E-state index in [4.69, 9.17) is 19.9 Å². The zero-order valence-electron chi connectivity index (χ0n) is 24.6. The van der Waals surface area contributed by atoms with Gasteiger partial charge in [0.2, 0.25) is 0 Å². The second kappa shape index (κ2) is 12.0. The Morgan fingerprint density at radius 1 is 1.04 bits per heavy atom. The molecule has 2 aliphatic carbocycles. The summed E-state index contributed by atoms with van der Waals surface area (Å²) >= 11 is -0.305. The first-order valence-corrected chi connectivity index (χ1v) is 16.6. The number of aromatic hydroxyl groups is 2. The molecule has 45 heavy (non-hydrogen) atoms. The second-order valence-corrected chi connectivity index (χ2v) is 13.8. The fourth-order valence-corrected chi connectivity index (χ4v) is 8.32. The first kappa shape index (κ1) is 31.4. The normalized spacial score (nSPS) is 27.4. The quantitative estimate of drug-likeness (QED) is 0.140. The number of phenols is 2. The number of ketones is 3. The summed E-state index contributed by atoms with van der Waals surface area (Å²) in [4.78, 5) is 41.3. The molecule has 1 fully saturated rings. The van der Waals surface area contributed by atoms with Gasteiger partial charge in [-0.1, -0.05) is 0 Å². The van der Waals surface area contributed by atoms with E-state index in [9.17, 15) is 34.8 Å². The van der Waals surface area contributed by atoms with E-state index in [2.05, 4.69) is 0 Å². The Morgan fingerprint density at radius 2 is 1.76 bits per heavy atom. The van der Waals surface area contributed by atoms with E-state index in [-0.39, 0.29) is 61.1 Å². The third-order valence-corrected chi connectivity index (χ3v) is 10.9. The van der Waals surface area contributed by atoms with Gasteiger partial charge in [-0.15, -0.1) is 0 Å². The minimum atomic E-state index is -2.04. The number of hydrogen-bond acceptors (Lipinski definition) is 11. The van der Waals surface area contributed by atoms with Gasteiger partial charge in [0.05, 0.1) is 7.11 Å². The van der Waals surface area contributed by atoms with Gasteiger partial charge in [0, 0.05) is 0 Å². The SMILES string of the molecule is COc1cccc2c1C(=O)c1c(O)c3c(c(O)c1C2=O)C[C@@](O)(C(=O)C[Se]c1ccccc1)C[C@@H]3OC1CC(N)C(O)C(C)O1. The second-order valence-electron chi connectivity index (χ2n) is 11.6. The Kier molecular flexibility index (Phi) is 8.34. The van der Waals surface area contributed by atoms with Crippen molar-refractivity contribution < 1.29 is 49.0 Å². The molecule has 11 nitrogen and oxygen atoms in total. The maximum atomic E-state index is 13.9. The fourth-order valence-electron chi connectivity index (χ4n) is 6.40. The number of aliphatic hydroxyl groups is 2. The molecule has 12 heteroatoms. The third-order valence-electron chi connectivity index (χ3n) is 8.77. The molecule has 6 atom stereocenters. The molecule has 3 aromatic rings. The predicted octanol–water partition coefficient (Wildman–Crippen LogP) is 1.46. The van der Waals surface area contributed by atoms with Crippen molar-refractivity contribution in [2.45, 2.75) is 67.8 Å². The predicted molar refractivity (Wildman–Crippen MR) is 161 cm³/mol. The summed E-state index contributed by atoms with van der Waals surface area (Å²) in [5, 5.41) is 45.6. The Labute approximate surface area is 265 Å². The van der Waals surface area contributed by atoms with Crippen LogP contribution in [0, 0.1) is 0 Å². The van der Waals surface area contributed by atoms with E-state index in [1.807, 2.05) is 30.3 Å². The van der Waals surface area contributed by atoms with Gasteiger partial charge < -0.3 is 0 Å². The summed E-state index contributed by atoms with van der Waals surface area (Å²) in [5.41, 5.74) is 3.04. The number of benzene rings is 3. The van der Waals surface area contributed by atoms with Crippen LogP contribution < -0.4 is 14.9 Å². The summed E-state index contributed by atoms with van der Waals surface area (Å²) < 4.78 is 18.4. The first-order chi connectivity index (χ1) is 21.4. The Hall–Kier alpha value is -3.61. The first-order valence-electron chi connectivity index (χ1n) is 14.5. The zero-order chi connectivity index (χ0) is 32.2. The molecule has 3 aliphatic rings. The average Bonchev–Trinajstić information content (AvgIpc) is 3.02. The summed E-state index contributed by atoms with van der Waals surface area (Å²) in [5.74, 6) is -3.05. The van der Waals surface area contributed by atoms with Gasteiger partial charge in [0.25, 0.3) is 0 Å². The van der Waals surface area contributed by atoms with E-state index in [1.54, 1.807) is 6.92 Å². The van der Waals surface area contributed by atoms with E-state index in [0.29, 0.717) is 0 Å². The standard InChI is InChI=1S/C33H33NO10Se/c1-15-28(36)19(34)11-23(43-15)44-21-13-33(41,22(35)14-45-16-7-4-3-5-8-16)12-18-25(21)32(40)27-26(30(18)38)29(37)17-9-6-10-20(42-2)24(17)31(27)39/h3-10,15,19,21,23,28,36,38,40-41H,11-14,34H2,1-2H3/t15?,19?,21-,23?,28?,33-/m0/s1. The van der Waals surface area contributed by atoms with Crippen molar-refractivity contribution in [2.75, 3.05) is 7.11 Å². The Balaban J connectivity index is 1.45. The number of methoxy groups -OCH3 is 1. The number of aliphatic hydroxyl groups excluding tert-OH is 1. The van der Waals surface area contributed by atoms with Crippen molar-refractivity contribution in [3.63, 3.8) is 0 Å². The van der Waals surface area contributed by atoms with Crippen LogP contribution in [0.25, 0.3) is 0 Å². The summed E-state index contributed by atoms with van der Waals surface area (Å²) in [6.07, 6.45) is -4.63. The number of carbonyl (C=O) groups excluding carboxylic acids is 3. The summed E-state index contributed by atoms with van der Waals surface area (Å²) in [6, 6.07) is 13.1. The molecule has 0 aromatic heterocycles. The molecule has 4 unspecified atom stereocenters. The molecular weight excluding hydrogens is 649 g/mol. The molecule has 6 N–H and O–H groups in total. The van der Waals surface area contributed by atoms with Crippen molar-refractivity contribution in [1.82, 2.24) is 0 Å². The van der Waals surface area contributed by atoms with Crippen LogP contribution in [0.15, 0.2) is 48.5 Å². The summed E-state index contributed by atoms with van der Waals surface area (Å²) in [7, 11) is 1.35. The zero-order valence-corrected chi connectivity index (χ0v) is 26.3. The molecule has 0 bridgehead atoms. The molecule has 236 valence electrons. The number of ether oxygens (including phenoxy) is 3. The Bertz CT molecular complexity index is 1680. The van der Waals surface area contributed by atoms with Gasteiger partial charge in [0.15, 0.2) is 0 Å². The third kappa shape index (κ3) is 5.36. The maximum absolute atomic E-state index is 13.9. The molecule has 0 amide bonds. The van der Waals surface area contributed by atoms with Crippen molar-refractivity contribution in [2.24, 2.45) is 5.73 Å². The van der Waals surface area contributed by atoms with Crippen molar-refractivity contribution >= 4 is 36.8 Å². The average molecular weight is 683 g/mol. The number of Topliss-reactive ketones (excluding diaryl/α,β-unsaturated/α-hetero) is 1. The van der Waals surface area contributed by atoms with E-state index < -0.39 is 82.6 Å². The number of rotatable bonds is 7. The molecular formula is C33H33NO10Se. The number of carbonyl (C=O) groups is 3. The van der Waals surface area contributed by atoms with Gasteiger partial charge in [-0.05, 0) is 0 Å². The number of phenolic OH excluding ortho intramolecular Hbond substituents is 2. The van der Waals surface area contributed by atoms with Gasteiger partial charge in [0.1, 0.15) is 0 Å².